The van der Waals surface area contributed by atoms with E-state index in [1.54, 1.807) is 0 Å². The monoisotopic (exact) mass is 279 g/mol. The van der Waals surface area contributed by atoms with Gasteiger partial charge in [-0.2, -0.15) is 0 Å². The second-order valence-electron chi connectivity index (χ2n) is 5.44. The molecule has 0 spiro atoms. The van der Waals surface area contributed by atoms with Gasteiger partial charge in [-0.3, -0.25) is 0 Å². The summed E-state index contributed by atoms with van der Waals surface area (Å²) < 4.78 is 2.16. The molecule has 3 nitrogen and oxygen atoms in total. The molecule has 0 saturated carbocycles. The summed E-state index contributed by atoms with van der Waals surface area (Å²) in [7, 11) is 0. The zero-order chi connectivity index (χ0) is 14.7. The summed E-state index contributed by atoms with van der Waals surface area (Å²) in [5, 5.41) is 2.58. The Morgan fingerprint density at radius 1 is 1.10 bits per heavy atom. The van der Waals surface area contributed by atoms with E-state index in [1.807, 2.05) is 12.4 Å². The van der Waals surface area contributed by atoms with Gasteiger partial charge < -0.3 is 10.3 Å². The predicted octanol–water partition coefficient (Wildman–Crippen LogP) is 3.17. The van der Waals surface area contributed by atoms with E-state index in [0.717, 1.165) is 25.2 Å². The van der Waals surface area contributed by atoms with Gasteiger partial charge in [0.15, 0.2) is 0 Å². The van der Waals surface area contributed by atoms with E-state index in [4.69, 9.17) is 5.73 Å². The maximum atomic E-state index is 6.36. The number of nitrogens with zero attached hydrogens (tertiary/aromatic N) is 2. The number of nitrogens with two attached hydrogens (primary N) is 1. The van der Waals surface area contributed by atoms with Gasteiger partial charge >= 0.3 is 0 Å². The fourth-order valence-electron chi connectivity index (χ4n) is 2.88. The van der Waals surface area contributed by atoms with E-state index in [1.165, 1.54) is 16.3 Å². The van der Waals surface area contributed by atoms with Gasteiger partial charge in [0, 0.05) is 31.4 Å². The molecular formula is C18H21N3. The maximum Gasteiger partial charge on any atom is 0.110 e. The van der Waals surface area contributed by atoms with Gasteiger partial charge in [-0.1, -0.05) is 42.5 Å². The van der Waals surface area contributed by atoms with Crippen molar-refractivity contribution in [1.29, 1.82) is 0 Å². The highest BCUT2D eigenvalue weighted by molar-refractivity contribution is 5.85. The Hall–Kier alpha value is -2.13. The summed E-state index contributed by atoms with van der Waals surface area (Å²) in [5.74, 6) is 1.07. The highest BCUT2D eigenvalue weighted by Crippen LogP contribution is 2.20. The van der Waals surface area contributed by atoms with Crippen LogP contribution in [0, 0.1) is 0 Å². The summed E-state index contributed by atoms with van der Waals surface area (Å²) in [6, 6.07) is 15.0. The molecule has 108 valence electrons. The van der Waals surface area contributed by atoms with E-state index in [0.29, 0.717) is 0 Å². The molecule has 3 rings (SSSR count). The molecule has 0 aliphatic carbocycles. The van der Waals surface area contributed by atoms with Crippen molar-refractivity contribution in [3.05, 3.63) is 66.2 Å². The third-order valence-corrected chi connectivity index (χ3v) is 3.95. The summed E-state index contributed by atoms with van der Waals surface area (Å²) in [4.78, 5) is 4.41. The summed E-state index contributed by atoms with van der Waals surface area (Å²) in [5.41, 5.74) is 7.67. The largest absolute Gasteiger partial charge is 0.335 e. The zero-order valence-corrected chi connectivity index (χ0v) is 12.4. The van der Waals surface area contributed by atoms with Crippen LogP contribution in [0.3, 0.4) is 0 Å². The first kappa shape index (κ1) is 13.8. The normalized spacial score (nSPS) is 12.7. The number of rotatable bonds is 5. The van der Waals surface area contributed by atoms with Crippen molar-refractivity contribution in [1.82, 2.24) is 9.55 Å². The summed E-state index contributed by atoms with van der Waals surface area (Å²) in [6.07, 6.45) is 5.55. The summed E-state index contributed by atoms with van der Waals surface area (Å²) >= 11 is 0. The molecule has 2 aromatic carbocycles. The molecule has 1 aromatic heterocycles. The summed E-state index contributed by atoms with van der Waals surface area (Å²) in [6.45, 7) is 3.07. The number of imidazole rings is 1. The van der Waals surface area contributed by atoms with Gasteiger partial charge in [-0.25, -0.2) is 4.98 Å². The van der Waals surface area contributed by atoms with Crippen LogP contribution in [0.5, 0.6) is 0 Å². The van der Waals surface area contributed by atoms with E-state index in [-0.39, 0.29) is 6.04 Å². The van der Waals surface area contributed by atoms with Gasteiger partial charge in [0.25, 0.3) is 0 Å². The molecule has 2 N–H and O–H groups in total. The molecular weight excluding hydrogens is 258 g/mol. The number of fused-ring (bicyclic) bond motifs is 1. The molecule has 0 fully saturated rings. The molecule has 0 amide bonds. The average molecular weight is 279 g/mol. The molecule has 1 heterocycles. The molecule has 0 aliphatic heterocycles. The van der Waals surface area contributed by atoms with Crippen molar-refractivity contribution < 1.29 is 0 Å². The molecule has 21 heavy (non-hydrogen) atoms. The van der Waals surface area contributed by atoms with E-state index in [9.17, 15) is 0 Å². The van der Waals surface area contributed by atoms with Crippen LogP contribution in [-0.4, -0.2) is 15.6 Å². The minimum absolute atomic E-state index is 0.0866. The van der Waals surface area contributed by atoms with Crippen LogP contribution < -0.4 is 5.73 Å². The predicted molar refractivity (Wildman–Crippen MR) is 87.2 cm³/mol. The highest BCUT2D eigenvalue weighted by atomic mass is 15.1. The minimum atomic E-state index is 0.0866. The molecule has 3 aromatic rings. The average Bonchev–Trinajstić information content (AvgIpc) is 2.94. The van der Waals surface area contributed by atoms with Crippen molar-refractivity contribution in [3.63, 3.8) is 0 Å². The van der Waals surface area contributed by atoms with Crippen LogP contribution in [0.2, 0.25) is 0 Å². The van der Waals surface area contributed by atoms with Crippen LogP contribution in [-0.2, 0) is 19.4 Å². The van der Waals surface area contributed by atoms with Crippen LogP contribution in [0.15, 0.2) is 54.9 Å². The molecule has 0 saturated heterocycles. The number of aryl methyl sites for hydroxylation is 1. The van der Waals surface area contributed by atoms with E-state index in [2.05, 4.69) is 58.9 Å². The Morgan fingerprint density at radius 2 is 1.90 bits per heavy atom. The number of hydrogen-bond acceptors (Lipinski definition) is 2. The Kier molecular flexibility index (Phi) is 4.02. The zero-order valence-electron chi connectivity index (χ0n) is 12.4. The third kappa shape index (κ3) is 2.98. The molecule has 1 unspecified atom stereocenters. The van der Waals surface area contributed by atoms with Crippen molar-refractivity contribution in [3.8, 4) is 0 Å². The van der Waals surface area contributed by atoms with Gasteiger partial charge in [0.1, 0.15) is 5.82 Å². The van der Waals surface area contributed by atoms with Crippen LogP contribution >= 0.6 is 0 Å². The Morgan fingerprint density at radius 3 is 2.76 bits per heavy atom. The van der Waals surface area contributed by atoms with Crippen molar-refractivity contribution in [2.75, 3.05) is 0 Å². The first-order chi connectivity index (χ1) is 10.3. The minimum Gasteiger partial charge on any atom is -0.335 e. The van der Waals surface area contributed by atoms with Gasteiger partial charge in [0.2, 0.25) is 0 Å². The lowest BCUT2D eigenvalue weighted by atomic mass is 9.98. The van der Waals surface area contributed by atoms with Crippen LogP contribution in [0.25, 0.3) is 10.8 Å². The second kappa shape index (κ2) is 6.10. The smallest absolute Gasteiger partial charge is 0.110 e. The van der Waals surface area contributed by atoms with E-state index < -0.39 is 0 Å². The van der Waals surface area contributed by atoms with E-state index >= 15 is 0 Å². The molecule has 3 heteroatoms. The Labute approximate surface area is 125 Å². The quantitative estimate of drug-likeness (QED) is 0.779. The Balaban J connectivity index is 1.79. The second-order valence-corrected chi connectivity index (χ2v) is 5.44. The lowest BCUT2D eigenvalue weighted by molar-refractivity contribution is 0.603. The topological polar surface area (TPSA) is 43.8 Å². The maximum absolute atomic E-state index is 6.36. The van der Waals surface area contributed by atoms with Gasteiger partial charge in [-0.15, -0.1) is 0 Å². The van der Waals surface area contributed by atoms with Crippen molar-refractivity contribution >= 4 is 10.8 Å². The standard InChI is InChI=1S/C18H21N3/c1-2-21-11-10-20-18(21)13-16(19)12-15-8-5-7-14-6-3-4-9-17(14)15/h3-11,16H,2,12-13,19H2,1H3. The van der Waals surface area contributed by atoms with Crippen molar-refractivity contribution in [2.45, 2.75) is 32.4 Å². The number of hydrogen-bond donors (Lipinski definition) is 1. The van der Waals surface area contributed by atoms with Crippen molar-refractivity contribution in [2.24, 2.45) is 5.73 Å². The SMILES string of the molecule is CCn1ccnc1CC(N)Cc1cccc2ccccc12. The highest BCUT2D eigenvalue weighted by Gasteiger charge is 2.11. The van der Waals surface area contributed by atoms with Crippen LogP contribution in [0.1, 0.15) is 18.3 Å². The fraction of sp³-hybridized carbons (Fsp3) is 0.278. The Bertz CT molecular complexity index is 725. The van der Waals surface area contributed by atoms with Gasteiger partial charge in [-0.05, 0) is 29.7 Å². The number of aromatic nitrogens is 2. The lowest BCUT2D eigenvalue weighted by Crippen LogP contribution is -2.27. The lowest BCUT2D eigenvalue weighted by Gasteiger charge is -2.14. The number of benzene rings is 2. The fourth-order valence-corrected chi connectivity index (χ4v) is 2.88. The molecule has 0 aliphatic rings. The van der Waals surface area contributed by atoms with Crippen LogP contribution in [0.4, 0.5) is 0 Å². The first-order valence-corrected chi connectivity index (χ1v) is 7.50. The first-order valence-electron chi connectivity index (χ1n) is 7.50. The molecule has 0 radical (unpaired) electrons. The third-order valence-electron chi connectivity index (χ3n) is 3.95. The molecule has 1 atom stereocenters. The van der Waals surface area contributed by atoms with Gasteiger partial charge in [0.05, 0.1) is 0 Å². The molecule has 0 bridgehead atoms.